The highest BCUT2D eigenvalue weighted by Crippen LogP contribution is 2.24. The molecule has 1 aliphatic heterocycles. The number of nitrogen functional groups attached to an aromatic ring is 1. The van der Waals surface area contributed by atoms with Crippen LogP contribution in [0.3, 0.4) is 0 Å². The quantitative estimate of drug-likeness (QED) is 0.710. The van der Waals surface area contributed by atoms with Crippen LogP contribution in [-0.4, -0.2) is 42.9 Å². The second-order valence-corrected chi connectivity index (χ2v) is 5.42. The molecule has 2 amide bonds. The zero-order valence-corrected chi connectivity index (χ0v) is 12.4. The van der Waals surface area contributed by atoms with Crippen molar-refractivity contribution in [2.75, 3.05) is 37.2 Å². The van der Waals surface area contributed by atoms with Crippen LogP contribution in [0.25, 0.3) is 0 Å². The largest absolute Gasteiger partial charge is 0.399 e. The average molecular weight is 311 g/mol. The van der Waals surface area contributed by atoms with E-state index in [1.165, 1.54) is 0 Å². The molecule has 1 aromatic rings. The molecule has 1 fully saturated rings. The van der Waals surface area contributed by atoms with E-state index in [0.29, 0.717) is 42.3 Å². The first-order chi connectivity index (χ1) is 10.0. The van der Waals surface area contributed by atoms with Crippen LogP contribution in [0.15, 0.2) is 18.2 Å². The average Bonchev–Trinajstić information content (AvgIpc) is 2.42. The minimum atomic E-state index is -0.0943. The van der Waals surface area contributed by atoms with Crippen molar-refractivity contribution in [3.63, 3.8) is 0 Å². The maximum atomic E-state index is 11.9. The summed E-state index contributed by atoms with van der Waals surface area (Å²) in [7, 11) is 0. The summed E-state index contributed by atoms with van der Waals surface area (Å²) in [5, 5.41) is 5.96. The van der Waals surface area contributed by atoms with Gasteiger partial charge in [0.1, 0.15) is 0 Å². The summed E-state index contributed by atoms with van der Waals surface area (Å²) in [6, 6.07) is 4.97. The van der Waals surface area contributed by atoms with Crippen molar-refractivity contribution < 1.29 is 9.59 Å². The fourth-order valence-corrected chi connectivity index (χ4v) is 2.43. The van der Waals surface area contributed by atoms with Crippen molar-refractivity contribution in [1.29, 1.82) is 0 Å². The SMILES string of the molecule is Nc1ccc(NC(=O)CCCN2CCNC(=O)C2)c(Cl)c1. The molecule has 2 rings (SSSR count). The van der Waals surface area contributed by atoms with Crippen LogP contribution in [0.5, 0.6) is 0 Å². The smallest absolute Gasteiger partial charge is 0.234 e. The van der Waals surface area contributed by atoms with Crippen molar-refractivity contribution in [3.05, 3.63) is 23.2 Å². The zero-order chi connectivity index (χ0) is 15.2. The molecule has 21 heavy (non-hydrogen) atoms. The molecular weight excluding hydrogens is 292 g/mol. The van der Waals surface area contributed by atoms with Crippen molar-refractivity contribution in [2.45, 2.75) is 12.8 Å². The van der Waals surface area contributed by atoms with Gasteiger partial charge in [-0.1, -0.05) is 11.6 Å². The summed E-state index contributed by atoms with van der Waals surface area (Å²) in [6.07, 6.45) is 1.09. The van der Waals surface area contributed by atoms with Crippen molar-refractivity contribution >= 4 is 34.8 Å². The number of hydrogen-bond acceptors (Lipinski definition) is 4. The molecular formula is C14H19ClN4O2. The molecule has 1 saturated heterocycles. The topological polar surface area (TPSA) is 87.5 Å². The molecule has 0 bridgehead atoms. The van der Waals surface area contributed by atoms with E-state index >= 15 is 0 Å². The van der Waals surface area contributed by atoms with Crippen molar-refractivity contribution in [1.82, 2.24) is 10.2 Å². The fourth-order valence-electron chi connectivity index (χ4n) is 2.19. The van der Waals surface area contributed by atoms with Gasteiger partial charge in [0, 0.05) is 25.2 Å². The van der Waals surface area contributed by atoms with Gasteiger partial charge in [-0.15, -0.1) is 0 Å². The molecule has 114 valence electrons. The minimum absolute atomic E-state index is 0.0411. The Morgan fingerprint density at radius 3 is 3.00 bits per heavy atom. The Kier molecular flexibility index (Phi) is 5.41. The number of piperazine rings is 1. The monoisotopic (exact) mass is 310 g/mol. The lowest BCUT2D eigenvalue weighted by molar-refractivity contribution is -0.124. The van der Waals surface area contributed by atoms with E-state index in [1.54, 1.807) is 18.2 Å². The lowest BCUT2D eigenvalue weighted by Crippen LogP contribution is -2.47. The van der Waals surface area contributed by atoms with E-state index in [9.17, 15) is 9.59 Å². The number of benzene rings is 1. The van der Waals surface area contributed by atoms with Crippen LogP contribution >= 0.6 is 11.6 Å². The molecule has 0 aliphatic carbocycles. The first-order valence-corrected chi connectivity index (χ1v) is 7.26. The molecule has 0 spiro atoms. The van der Waals surface area contributed by atoms with Gasteiger partial charge < -0.3 is 16.4 Å². The third kappa shape index (κ3) is 4.91. The maximum absolute atomic E-state index is 11.9. The molecule has 0 saturated carbocycles. The Labute approximate surface area is 128 Å². The van der Waals surface area contributed by atoms with Crippen molar-refractivity contribution in [3.8, 4) is 0 Å². The summed E-state index contributed by atoms with van der Waals surface area (Å²) < 4.78 is 0. The maximum Gasteiger partial charge on any atom is 0.234 e. The third-order valence-corrected chi connectivity index (χ3v) is 3.58. The Morgan fingerprint density at radius 1 is 1.48 bits per heavy atom. The Balaban J connectivity index is 1.73. The summed E-state index contributed by atoms with van der Waals surface area (Å²) in [4.78, 5) is 25.1. The number of amides is 2. The molecule has 1 aliphatic rings. The first kappa shape index (κ1) is 15.6. The van der Waals surface area contributed by atoms with E-state index in [2.05, 4.69) is 10.6 Å². The normalized spacial score (nSPS) is 15.6. The van der Waals surface area contributed by atoms with Crippen LogP contribution < -0.4 is 16.4 Å². The summed E-state index contributed by atoms with van der Waals surface area (Å²) >= 11 is 6.00. The molecule has 0 aromatic heterocycles. The number of hydrogen-bond donors (Lipinski definition) is 3. The molecule has 1 heterocycles. The number of nitrogens with zero attached hydrogens (tertiary/aromatic N) is 1. The highest BCUT2D eigenvalue weighted by molar-refractivity contribution is 6.34. The van der Waals surface area contributed by atoms with Crippen LogP contribution in [0.4, 0.5) is 11.4 Å². The molecule has 1 aromatic carbocycles. The number of carbonyl (C=O) groups is 2. The lowest BCUT2D eigenvalue weighted by Gasteiger charge is -2.26. The van der Waals surface area contributed by atoms with Gasteiger partial charge in [-0.05, 0) is 31.2 Å². The van der Waals surface area contributed by atoms with Gasteiger partial charge in [-0.3, -0.25) is 14.5 Å². The Hall–Kier alpha value is -1.79. The van der Waals surface area contributed by atoms with E-state index in [4.69, 9.17) is 17.3 Å². The molecule has 0 radical (unpaired) electrons. The van der Waals surface area contributed by atoms with Crippen LogP contribution in [-0.2, 0) is 9.59 Å². The highest BCUT2D eigenvalue weighted by Gasteiger charge is 2.15. The Morgan fingerprint density at radius 2 is 2.29 bits per heavy atom. The Bertz CT molecular complexity index is 536. The standard InChI is InChI=1S/C14H19ClN4O2/c15-11-8-10(16)3-4-12(11)18-13(20)2-1-6-19-7-5-17-14(21)9-19/h3-4,8H,1-2,5-7,9,16H2,(H,17,21)(H,18,20). The lowest BCUT2D eigenvalue weighted by atomic mass is 10.2. The summed E-state index contributed by atoms with van der Waals surface area (Å²) in [6.45, 7) is 2.64. The van der Waals surface area contributed by atoms with Gasteiger partial charge in [0.05, 0.1) is 17.3 Å². The molecule has 4 N–H and O–H groups in total. The van der Waals surface area contributed by atoms with Crippen LogP contribution in [0.1, 0.15) is 12.8 Å². The van der Waals surface area contributed by atoms with Crippen LogP contribution in [0, 0.1) is 0 Å². The third-order valence-electron chi connectivity index (χ3n) is 3.26. The van der Waals surface area contributed by atoms with E-state index < -0.39 is 0 Å². The fraction of sp³-hybridized carbons (Fsp3) is 0.429. The minimum Gasteiger partial charge on any atom is -0.399 e. The van der Waals surface area contributed by atoms with Crippen LogP contribution in [0.2, 0.25) is 5.02 Å². The van der Waals surface area contributed by atoms with Gasteiger partial charge in [0.25, 0.3) is 0 Å². The number of carbonyl (C=O) groups excluding carboxylic acids is 2. The molecule has 6 nitrogen and oxygen atoms in total. The van der Waals surface area contributed by atoms with Gasteiger partial charge in [-0.2, -0.15) is 0 Å². The predicted octanol–water partition coefficient (Wildman–Crippen LogP) is 1.07. The zero-order valence-electron chi connectivity index (χ0n) is 11.7. The predicted molar refractivity (Wildman–Crippen MR) is 83.2 cm³/mol. The highest BCUT2D eigenvalue weighted by atomic mass is 35.5. The first-order valence-electron chi connectivity index (χ1n) is 6.88. The van der Waals surface area contributed by atoms with E-state index in [0.717, 1.165) is 13.1 Å². The van der Waals surface area contributed by atoms with E-state index in [-0.39, 0.29) is 11.8 Å². The molecule has 0 atom stereocenters. The summed E-state index contributed by atoms with van der Waals surface area (Å²) in [5.41, 5.74) is 6.72. The number of anilines is 2. The molecule has 0 unspecified atom stereocenters. The second-order valence-electron chi connectivity index (χ2n) is 5.02. The van der Waals surface area contributed by atoms with Gasteiger partial charge in [0.2, 0.25) is 11.8 Å². The second kappa shape index (κ2) is 7.28. The molecule has 7 heteroatoms. The van der Waals surface area contributed by atoms with Gasteiger partial charge in [0.15, 0.2) is 0 Å². The van der Waals surface area contributed by atoms with Gasteiger partial charge in [-0.25, -0.2) is 0 Å². The summed E-state index contributed by atoms with van der Waals surface area (Å²) in [5.74, 6) is -0.0532. The number of rotatable bonds is 5. The number of nitrogens with one attached hydrogen (secondary N) is 2. The number of halogens is 1. The van der Waals surface area contributed by atoms with E-state index in [1.807, 2.05) is 4.90 Å². The number of nitrogens with two attached hydrogens (primary N) is 1. The van der Waals surface area contributed by atoms with Crippen molar-refractivity contribution in [2.24, 2.45) is 0 Å². The van der Waals surface area contributed by atoms with Gasteiger partial charge >= 0.3 is 0 Å².